The summed E-state index contributed by atoms with van der Waals surface area (Å²) in [5, 5.41) is 23.5. The molecule has 2 atom stereocenters. The van der Waals surface area contributed by atoms with Gasteiger partial charge in [0.15, 0.2) is 46.2 Å². The summed E-state index contributed by atoms with van der Waals surface area (Å²) >= 11 is 3.18. The topological polar surface area (TPSA) is 248 Å². The van der Waals surface area contributed by atoms with E-state index in [0.29, 0.717) is 39.6 Å². The number of fused-ring (bicyclic) bond motifs is 2. The molecule has 2 aliphatic heterocycles. The summed E-state index contributed by atoms with van der Waals surface area (Å²) in [6.45, 7) is -0.372. The molecule has 0 aliphatic carbocycles. The molecule has 0 unspecified atom stereocenters. The zero-order valence-electron chi connectivity index (χ0n) is 36.6. The number of likely N-dealkylation sites (N-methyl/N-ethyl adjacent to an activating group) is 2. The average Bonchev–Trinajstić information content (AvgIpc) is 3.91. The summed E-state index contributed by atoms with van der Waals surface area (Å²) in [6, 6.07) is 8.55. The van der Waals surface area contributed by atoms with Gasteiger partial charge < -0.3 is 25.2 Å². The van der Waals surface area contributed by atoms with Crippen LogP contribution in [0.15, 0.2) is 104 Å². The number of alkyl halides is 1. The van der Waals surface area contributed by atoms with Crippen molar-refractivity contribution in [2.45, 2.75) is 30.6 Å². The van der Waals surface area contributed by atoms with Gasteiger partial charge in [0.05, 0.1) is 44.1 Å². The fraction of sp³-hybridized carbons (Fsp3) is 0.205. The summed E-state index contributed by atoms with van der Waals surface area (Å²) in [5.41, 5.74) is 0.971. The van der Waals surface area contributed by atoms with E-state index in [-0.39, 0.29) is 37.9 Å². The van der Waals surface area contributed by atoms with E-state index in [1.54, 1.807) is 30.5 Å². The van der Waals surface area contributed by atoms with Crippen LogP contribution in [0.2, 0.25) is 0 Å². The zero-order chi connectivity index (χ0) is 50.3. The lowest BCUT2D eigenvalue weighted by molar-refractivity contribution is -0.121. The summed E-state index contributed by atoms with van der Waals surface area (Å²) in [5.74, 6) is -3.94. The molecule has 9 rings (SSSR count). The van der Waals surface area contributed by atoms with Crippen LogP contribution in [0, 0.1) is 29.1 Å². The van der Waals surface area contributed by atoms with Crippen molar-refractivity contribution in [2.24, 2.45) is 0 Å². The average molecular weight is 1040 g/mol. The van der Waals surface area contributed by atoms with Crippen LogP contribution < -0.4 is 29.9 Å². The first-order valence-corrected chi connectivity index (χ1v) is 21.5. The molecule has 20 nitrogen and oxygen atoms in total. The maximum Gasteiger partial charge on any atom is 0.275 e. The van der Waals surface area contributed by atoms with Crippen molar-refractivity contribution in [3.05, 3.63) is 162 Å². The first kappa shape index (κ1) is 51.1. The second kappa shape index (κ2) is 24.2. The summed E-state index contributed by atoms with van der Waals surface area (Å²) in [6.07, 6.45) is 12.7. The number of anilines is 2. The van der Waals surface area contributed by atoms with Crippen LogP contribution in [0.3, 0.4) is 0 Å². The van der Waals surface area contributed by atoms with Crippen molar-refractivity contribution in [1.82, 2.24) is 55.5 Å². The van der Waals surface area contributed by atoms with Crippen LogP contribution in [0.4, 0.5) is 33.6 Å². The lowest BCUT2D eigenvalue weighted by Crippen LogP contribution is -2.49. The number of aromatic amines is 1. The van der Waals surface area contributed by atoms with Gasteiger partial charge >= 0.3 is 0 Å². The number of nitrogens with one attached hydrogen (secondary N) is 3. The van der Waals surface area contributed by atoms with Crippen LogP contribution in [-0.4, -0.2) is 113 Å². The number of amides is 4. The van der Waals surface area contributed by atoms with Crippen LogP contribution in [0.5, 0.6) is 11.5 Å². The molecule has 364 valence electrons. The number of hydrogen-bond donors (Lipinski definition) is 4. The van der Waals surface area contributed by atoms with Crippen molar-refractivity contribution in [3.63, 3.8) is 0 Å². The highest BCUT2D eigenvalue weighted by molar-refractivity contribution is 9.08. The van der Waals surface area contributed by atoms with Gasteiger partial charge in [0.1, 0.15) is 42.7 Å². The van der Waals surface area contributed by atoms with Crippen LogP contribution in [-0.2, 0) is 28.1 Å². The minimum absolute atomic E-state index is 0.0180. The predicted octanol–water partition coefficient (Wildman–Crippen LogP) is 4.08. The molecule has 7 aromatic heterocycles. The van der Waals surface area contributed by atoms with Gasteiger partial charge in [-0.05, 0) is 59.2 Å². The number of carbonyl (C=O) groups excluding carboxylic acids is 4. The lowest BCUT2D eigenvalue weighted by Gasteiger charge is -2.19. The number of carbonyl (C=O) groups is 4. The molecule has 4 amide bonds. The third-order valence-corrected chi connectivity index (χ3v) is 10.2. The molecule has 26 heteroatoms. The fourth-order valence-corrected chi connectivity index (χ4v) is 6.49. The number of H-pyrrole nitrogens is 1. The maximum absolute atomic E-state index is 14.3. The van der Waals surface area contributed by atoms with Crippen molar-refractivity contribution in [3.8, 4) is 11.5 Å². The molecule has 0 saturated carbocycles. The number of aliphatic hydroxyl groups excluding tert-OH is 1. The van der Waals surface area contributed by atoms with Gasteiger partial charge in [0, 0.05) is 50.4 Å². The van der Waals surface area contributed by atoms with Crippen molar-refractivity contribution in [2.75, 3.05) is 37.1 Å². The second-order valence-electron chi connectivity index (χ2n) is 14.6. The number of ether oxygens (including phenoxy) is 2. The van der Waals surface area contributed by atoms with E-state index in [9.17, 15) is 41.1 Å². The second-order valence-corrected chi connectivity index (χ2v) is 15.1. The monoisotopic (exact) mass is 1040 g/mol. The number of halogens is 6. The van der Waals surface area contributed by atoms with E-state index in [1.807, 2.05) is 0 Å². The number of nitrogens with zero attached hydrogens (tertiary/aromatic N) is 10. The number of hydrogen-bond acceptors (Lipinski definition) is 14. The highest BCUT2D eigenvalue weighted by Gasteiger charge is 2.34. The van der Waals surface area contributed by atoms with E-state index in [4.69, 9.17) is 14.6 Å². The Morgan fingerprint density at radius 3 is 1.70 bits per heavy atom. The standard InChI is InChI=1S/C19H16F2N6O3.C13H12FN5O3.C6H5BrFN.C6H6FNO/c1-26-17-15(3-2-4-23-17)30-10-14(19(26)29)24-18(28)16-13(21)9-27(25-16)8-11-5-12(20)7-22-6-11;1-19-11-9(3-2-4-15-11)22-6-8(13(19)21)17-12(20)10-7(14)5-16-18-10;7-2-5-1-6(8)4-9-3-5;7-6-1-5(4-9)2-8-3-6/h2-7,9,14H,8,10H2,1H3,(H,24,28);2-5,8H,6H2,1H3,(H,16,18)(H,17,20);1,3-4H,2H2;1-3,9H,4H2/t14-;8-;;/m00../s1. The number of rotatable bonds is 8. The van der Waals surface area contributed by atoms with E-state index >= 15 is 0 Å². The molecular formula is C44H39BrF5N13O7. The summed E-state index contributed by atoms with van der Waals surface area (Å²) in [4.78, 5) is 71.2. The van der Waals surface area contributed by atoms with Gasteiger partial charge in [0.2, 0.25) is 0 Å². The Labute approximate surface area is 402 Å². The van der Waals surface area contributed by atoms with Crippen LogP contribution in [0.1, 0.15) is 37.7 Å². The van der Waals surface area contributed by atoms with E-state index < -0.39 is 64.7 Å². The number of aliphatic hydroxyl groups is 1. The summed E-state index contributed by atoms with van der Waals surface area (Å²) < 4.78 is 77.5. The normalized spacial score (nSPS) is 14.8. The first-order valence-electron chi connectivity index (χ1n) is 20.3. The fourth-order valence-electron chi connectivity index (χ4n) is 6.19. The van der Waals surface area contributed by atoms with Crippen LogP contribution in [0.25, 0.3) is 0 Å². The van der Waals surface area contributed by atoms with Gasteiger partial charge in [-0.3, -0.25) is 53.7 Å². The molecule has 2 aliphatic rings. The largest absolute Gasteiger partial charge is 0.487 e. The van der Waals surface area contributed by atoms with Gasteiger partial charge in [0.25, 0.3) is 23.6 Å². The molecule has 0 spiro atoms. The predicted molar refractivity (Wildman–Crippen MR) is 240 cm³/mol. The minimum atomic E-state index is -1.06. The summed E-state index contributed by atoms with van der Waals surface area (Å²) in [7, 11) is 3.03. The van der Waals surface area contributed by atoms with E-state index in [2.05, 4.69) is 66.8 Å². The first-order chi connectivity index (χ1) is 33.6. The SMILES string of the molecule is CN1C(=O)[C@@H](NC(=O)c2[nH]ncc2F)COc2cccnc21.CN1C(=O)[C@@H](NC(=O)c2nn(Cc3cncc(F)c3)cc2F)COc2cccnc21.Fc1cncc(CBr)c1.OCc1cncc(F)c1. The molecule has 70 heavy (non-hydrogen) atoms. The Bertz CT molecular complexity index is 2900. The molecule has 0 fully saturated rings. The maximum atomic E-state index is 14.3. The molecule has 4 N–H and O–H groups in total. The Morgan fingerprint density at radius 1 is 0.729 bits per heavy atom. The highest BCUT2D eigenvalue weighted by Crippen LogP contribution is 2.28. The Morgan fingerprint density at radius 2 is 1.23 bits per heavy atom. The molecule has 9 heterocycles. The number of pyridine rings is 5. The molecular weight excluding hydrogens is 997 g/mol. The highest BCUT2D eigenvalue weighted by atomic mass is 79.9. The molecule has 0 saturated heterocycles. The smallest absolute Gasteiger partial charge is 0.275 e. The van der Waals surface area contributed by atoms with Crippen molar-refractivity contribution >= 4 is 51.2 Å². The Balaban J connectivity index is 0.000000174. The lowest BCUT2D eigenvalue weighted by atomic mass is 10.2. The van der Waals surface area contributed by atoms with E-state index in [0.717, 1.165) is 35.0 Å². The molecule has 0 radical (unpaired) electrons. The van der Waals surface area contributed by atoms with Gasteiger partial charge in [-0.1, -0.05) is 15.9 Å². The Kier molecular flexibility index (Phi) is 17.6. The van der Waals surface area contributed by atoms with Crippen molar-refractivity contribution < 1.29 is 55.7 Å². The quantitative estimate of drug-likeness (QED) is 0.124. The van der Waals surface area contributed by atoms with E-state index in [1.165, 1.54) is 73.1 Å². The minimum Gasteiger partial charge on any atom is -0.487 e. The molecule has 0 aromatic carbocycles. The number of aromatic nitrogens is 9. The Hall–Kier alpha value is -8.26. The zero-order valence-corrected chi connectivity index (χ0v) is 38.2. The third-order valence-electron chi connectivity index (χ3n) is 9.53. The van der Waals surface area contributed by atoms with Gasteiger partial charge in [-0.15, -0.1) is 0 Å². The molecule has 7 aromatic rings. The van der Waals surface area contributed by atoms with Crippen LogP contribution >= 0.6 is 15.9 Å². The van der Waals surface area contributed by atoms with Gasteiger partial charge in [-0.2, -0.15) is 10.2 Å². The molecule has 0 bridgehead atoms. The van der Waals surface area contributed by atoms with Crippen molar-refractivity contribution in [1.29, 1.82) is 0 Å². The van der Waals surface area contributed by atoms with Gasteiger partial charge in [-0.25, -0.2) is 31.9 Å². The third kappa shape index (κ3) is 13.5.